The Morgan fingerprint density at radius 1 is 1.05 bits per heavy atom. The molecule has 0 saturated carbocycles. The number of aromatic carboxylic acids is 1. The molecule has 0 spiro atoms. The third-order valence-electron chi connectivity index (χ3n) is 2.56. The van der Waals surface area contributed by atoms with Crippen molar-refractivity contribution in [2.45, 2.75) is 6.92 Å². The summed E-state index contributed by atoms with van der Waals surface area (Å²) >= 11 is 11.7. The lowest BCUT2D eigenvalue weighted by molar-refractivity contribution is 0.0696. The summed E-state index contributed by atoms with van der Waals surface area (Å²) in [6.07, 6.45) is 0. The molecule has 0 aliphatic rings. The Bertz CT molecular complexity index is 639. The maximum atomic E-state index is 10.9. The largest absolute Gasteiger partial charge is 0.478 e. The zero-order valence-corrected chi connectivity index (χ0v) is 11.5. The lowest BCUT2D eigenvalue weighted by atomic mass is 10.1. The molecule has 0 radical (unpaired) electrons. The van der Waals surface area contributed by atoms with E-state index in [9.17, 15) is 4.79 Å². The van der Waals surface area contributed by atoms with Gasteiger partial charge in [0.2, 0.25) is 0 Å². The molecule has 3 nitrogen and oxygen atoms in total. The van der Waals surface area contributed by atoms with Crippen LogP contribution in [0.5, 0.6) is 11.5 Å². The van der Waals surface area contributed by atoms with E-state index in [1.54, 1.807) is 37.3 Å². The maximum Gasteiger partial charge on any atom is 0.335 e. The molecule has 2 aromatic carbocycles. The first-order chi connectivity index (χ1) is 8.97. The fraction of sp³-hybridized carbons (Fsp3) is 0.0714. The first-order valence-corrected chi connectivity index (χ1v) is 6.20. The van der Waals surface area contributed by atoms with Crippen molar-refractivity contribution in [1.82, 2.24) is 0 Å². The second-order valence-electron chi connectivity index (χ2n) is 3.96. The fourth-order valence-corrected chi connectivity index (χ4v) is 1.90. The third-order valence-corrected chi connectivity index (χ3v) is 3.29. The van der Waals surface area contributed by atoms with Gasteiger partial charge in [0.05, 0.1) is 15.6 Å². The van der Waals surface area contributed by atoms with Crippen molar-refractivity contribution in [3.63, 3.8) is 0 Å². The number of halogens is 2. The molecule has 0 atom stereocenters. The Kier molecular flexibility index (Phi) is 3.98. The second kappa shape index (κ2) is 5.51. The molecule has 0 bridgehead atoms. The molecule has 2 aromatic rings. The number of aryl methyl sites for hydroxylation is 1. The number of carboxylic acid groups (broad SMARTS) is 1. The van der Waals surface area contributed by atoms with Crippen LogP contribution in [0.4, 0.5) is 0 Å². The van der Waals surface area contributed by atoms with Gasteiger partial charge in [-0.05, 0) is 42.8 Å². The van der Waals surface area contributed by atoms with Gasteiger partial charge >= 0.3 is 5.97 Å². The van der Waals surface area contributed by atoms with Crippen LogP contribution in [0.1, 0.15) is 15.9 Å². The molecular formula is C14H10Cl2O3. The summed E-state index contributed by atoms with van der Waals surface area (Å²) in [7, 11) is 0. The molecule has 1 N–H and O–H groups in total. The molecule has 0 unspecified atom stereocenters. The van der Waals surface area contributed by atoms with Crippen LogP contribution in [0.3, 0.4) is 0 Å². The summed E-state index contributed by atoms with van der Waals surface area (Å²) in [5, 5.41) is 9.79. The molecule has 98 valence electrons. The highest BCUT2D eigenvalue weighted by atomic mass is 35.5. The zero-order valence-electron chi connectivity index (χ0n) is 9.98. The smallest absolute Gasteiger partial charge is 0.335 e. The van der Waals surface area contributed by atoms with Gasteiger partial charge in [-0.1, -0.05) is 23.2 Å². The molecule has 0 heterocycles. The van der Waals surface area contributed by atoms with Crippen LogP contribution in [0.25, 0.3) is 0 Å². The minimum Gasteiger partial charge on any atom is -0.478 e. The maximum absolute atomic E-state index is 10.9. The number of benzene rings is 2. The first kappa shape index (κ1) is 13.7. The predicted molar refractivity (Wildman–Crippen MR) is 74.7 cm³/mol. The van der Waals surface area contributed by atoms with E-state index in [1.165, 1.54) is 6.07 Å². The summed E-state index contributed by atoms with van der Waals surface area (Å²) in [6, 6.07) is 9.69. The fourth-order valence-electron chi connectivity index (χ4n) is 1.62. The lowest BCUT2D eigenvalue weighted by Crippen LogP contribution is -1.99. The van der Waals surface area contributed by atoms with Gasteiger partial charge in [0.25, 0.3) is 0 Å². The topological polar surface area (TPSA) is 46.5 Å². The average molecular weight is 297 g/mol. The van der Waals surface area contributed by atoms with E-state index in [-0.39, 0.29) is 5.56 Å². The van der Waals surface area contributed by atoms with Gasteiger partial charge in [0, 0.05) is 6.07 Å². The predicted octanol–water partition coefficient (Wildman–Crippen LogP) is 4.79. The number of carboxylic acids is 1. The third kappa shape index (κ3) is 3.19. The SMILES string of the molecule is Cc1cc(Oc2ccc(Cl)c(Cl)c2)ccc1C(=O)O. The van der Waals surface area contributed by atoms with E-state index in [0.29, 0.717) is 27.1 Å². The van der Waals surface area contributed by atoms with Crippen molar-refractivity contribution in [3.8, 4) is 11.5 Å². The van der Waals surface area contributed by atoms with Crippen LogP contribution in [0.2, 0.25) is 10.0 Å². The molecular weight excluding hydrogens is 287 g/mol. The van der Waals surface area contributed by atoms with Crippen molar-refractivity contribution in [2.24, 2.45) is 0 Å². The van der Waals surface area contributed by atoms with E-state index in [0.717, 1.165) is 0 Å². The number of ether oxygens (including phenoxy) is 1. The Labute approximate surface area is 120 Å². The van der Waals surface area contributed by atoms with Crippen molar-refractivity contribution >= 4 is 29.2 Å². The van der Waals surface area contributed by atoms with Crippen molar-refractivity contribution in [3.05, 3.63) is 57.6 Å². The van der Waals surface area contributed by atoms with Gasteiger partial charge in [0.1, 0.15) is 11.5 Å². The Morgan fingerprint density at radius 3 is 2.26 bits per heavy atom. The zero-order chi connectivity index (χ0) is 14.0. The highest BCUT2D eigenvalue weighted by Gasteiger charge is 2.08. The molecule has 19 heavy (non-hydrogen) atoms. The average Bonchev–Trinajstić information content (AvgIpc) is 2.33. The van der Waals surface area contributed by atoms with Crippen LogP contribution in [0.15, 0.2) is 36.4 Å². The van der Waals surface area contributed by atoms with E-state index < -0.39 is 5.97 Å². The Hall–Kier alpha value is -1.71. The molecule has 0 aliphatic carbocycles. The molecule has 0 aliphatic heterocycles. The van der Waals surface area contributed by atoms with Gasteiger partial charge in [-0.25, -0.2) is 4.79 Å². The van der Waals surface area contributed by atoms with Crippen LogP contribution < -0.4 is 4.74 Å². The minimum atomic E-state index is -0.960. The molecule has 0 fully saturated rings. The van der Waals surface area contributed by atoms with Crippen molar-refractivity contribution in [2.75, 3.05) is 0 Å². The van der Waals surface area contributed by atoms with E-state index in [2.05, 4.69) is 0 Å². The monoisotopic (exact) mass is 296 g/mol. The van der Waals surface area contributed by atoms with E-state index in [4.69, 9.17) is 33.0 Å². The van der Waals surface area contributed by atoms with Gasteiger partial charge in [0.15, 0.2) is 0 Å². The summed E-state index contributed by atoms with van der Waals surface area (Å²) in [4.78, 5) is 10.9. The van der Waals surface area contributed by atoms with Gasteiger partial charge in [-0.15, -0.1) is 0 Å². The van der Waals surface area contributed by atoms with E-state index in [1.807, 2.05) is 0 Å². The first-order valence-electron chi connectivity index (χ1n) is 5.44. The van der Waals surface area contributed by atoms with Gasteiger partial charge in [-0.2, -0.15) is 0 Å². The number of hydrogen-bond acceptors (Lipinski definition) is 2. The standard InChI is InChI=1S/C14H10Cl2O3/c1-8-6-9(2-4-11(8)14(17)18)19-10-3-5-12(15)13(16)7-10/h2-7H,1H3,(H,17,18). The summed E-state index contributed by atoms with van der Waals surface area (Å²) in [5.74, 6) is 0.122. The number of rotatable bonds is 3. The Morgan fingerprint density at radius 2 is 1.68 bits per heavy atom. The van der Waals surface area contributed by atoms with Crippen LogP contribution >= 0.6 is 23.2 Å². The van der Waals surface area contributed by atoms with Crippen LogP contribution in [0, 0.1) is 6.92 Å². The van der Waals surface area contributed by atoms with E-state index >= 15 is 0 Å². The van der Waals surface area contributed by atoms with Crippen LogP contribution in [-0.4, -0.2) is 11.1 Å². The molecule has 0 saturated heterocycles. The Balaban J connectivity index is 2.26. The highest BCUT2D eigenvalue weighted by Crippen LogP contribution is 2.30. The molecule has 5 heteroatoms. The molecule has 0 amide bonds. The minimum absolute atomic E-state index is 0.251. The summed E-state index contributed by atoms with van der Waals surface area (Å²) in [5.41, 5.74) is 0.881. The molecule has 0 aromatic heterocycles. The van der Waals surface area contributed by atoms with Crippen molar-refractivity contribution in [1.29, 1.82) is 0 Å². The molecule has 2 rings (SSSR count). The van der Waals surface area contributed by atoms with Crippen LogP contribution in [-0.2, 0) is 0 Å². The summed E-state index contributed by atoms with van der Waals surface area (Å²) in [6.45, 7) is 1.71. The van der Waals surface area contributed by atoms with Gasteiger partial charge in [-0.3, -0.25) is 0 Å². The lowest BCUT2D eigenvalue weighted by Gasteiger charge is -2.08. The number of carbonyl (C=O) groups is 1. The second-order valence-corrected chi connectivity index (χ2v) is 4.77. The summed E-state index contributed by atoms with van der Waals surface area (Å²) < 4.78 is 5.59. The highest BCUT2D eigenvalue weighted by molar-refractivity contribution is 6.42. The number of hydrogen-bond donors (Lipinski definition) is 1. The van der Waals surface area contributed by atoms with Gasteiger partial charge < -0.3 is 9.84 Å². The normalized spacial score (nSPS) is 10.3. The quantitative estimate of drug-likeness (QED) is 0.885. The van der Waals surface area contributed by atoms with Crippen molar-refractivity contribution < 1.29 is 14.6 Å².